The lowest BCUT2D eigenvalue weighted by molar-refractivity contribution is 0.0941. The highest BCUT2D eigenvalue weighted by Gasteiger charge is 2.19. The van der Waals surface area contributed by atoms with Crippen molar-refractivity contribution >= 4 is 33.4 Å². The number of hydrogen-bond acceptors (Lipinski definition) is 1. The van der Waals surface area contributed by atoms with Gasteiger partial charge in [-0.2, -0.15) is 0 Å². The minimum absolute atomic E-state index is 0.0258. The van der Waals surface area contributed by atoms with Crippen LogP contribution in [0.5, 0.6) is 0 Å². The van der Waals surface area contributed by atoms with Crippen LogP contribution in [0.25, 0.3) is 0 Å². The van der Waals surface area contributed by atoms with Gasteiger partial charge in [-0.1, -0.05) is 31.4 Å². The van der Waals surface area contributed by atoms with Crippen molar-refractivity contribution in [3.05, 3.63) is 33.3 Å². The van der Waals surface area contributed by atoms with E-state index in [4.69, 9.17) is 11.6 Å². The summed E-state index contributed by atoms with van der Waals surface area (Å²) in [5, 5.41) is 3.66. The molecule has 1 aliphatic carbocycles. The highest BCUT2D eigenvalue weighted by molar-refractivity contribution is 9.10. The largest absolute Gasteiger partial charge is 0.352 e. The molecule has 1 N–H and O–H groups in total. The van der Waals surface area contributed by atoms with E-state index >= 15 is 0 Å². The normalized spacial score (nSPS) is 23.1. The molecule has 0 heterocycles. The van der Waals surface area contributed by atoms with E-state index in [1.807, 2.05) is 0 Å². The molecule has 1 aliphatic rings. The van der Waals surface area contributed by atoms with Gasteiger partial charge in [0.25, 0.3) is 5.91 Å². The van der Waals surface area contributed by atoms with Crippen LogP contribution >= 0.6 is 27.5 Å². The molecule has 0 aliphatic heterocycles. The zero-order valence-corrected chi connectivity index (χ0v) is 13.4. The fourth-order valence-corrected chi connectivity index (χ4v) is 3.40. The Hall–Kier alpha value is -0.540. The average molecular weight is 345 g/mol. The van der Waals surface area contributed by atoms with Crippen LogP contribution in [0.15, 0.2) is 22.7 Å². The van der Waals surface area contributed by atoms with Crippen molar-refractivity contribution in [2.45, 2.75) is 32.6 Å². The van der Waals surface area contributed by atoms with E-state index < -0.39 is 0 Å². The van der Waals surface area contributed by atoms with E-state index in [0.717, 1.165) is 16.9 Å². The summed E-state index contributed by atoms with van der Waals surface area (Å²) in [5.41, 5.74) is 0.647. The molecule has 4 heteroatoms. The number of halogens is 2. The molecule has 0 spiro atoms. The summed E-state index contributed by atoms with van der Waals surface area (Å²) in [7, 11) is 0. The summed E-state index contributed by atoms with van der Waals surface area (Å²) in [4.78, 5) is 12.1. The number of benzene rings is 1. The van der Waals surface area contributed by atoms with Gasteiger partial charge < -0.3 is 5.32 Å². The summed E-state index contributed by atoms with van der Waals surface area (Å²) in [6.07, 6.45) is 5.02. The van der Waals surface area contributed by atoms with Gasteiger partial charge in [-0.05, 0) is 58.8 Å². The van der Waals surface area contributed by atoms with Gasteiger partial charge >= 0.3 is 0 Å². The predicted molar refractivity (Wildman–Crippen MR) is 82.6 cm³/mol. The topological polar surface area (TPSA) is 29.1 Å². The maximum atomic E-state index is 12.1. The monoisotopic (exact) mass is 343 g/mol. The Bertz CT molecular complexity index is 455. The van der Waals surface area contributed by atoms with Crippen LogP contribution in [0.1, 0.15) is 43.0 Å². The lowest BCUT2D eigenvalue weighted by atomic mass is 9.83. The molecule has 1 aromatic rings. The molecular formula is C15H19BrClNO. The molecule has 19 heavy (non-hydrogen) atoms. The molecule has 0 saturated heterocycles. The second-order valence-electron chi connectivity index (χ2n) is 5.46. The first-order valence-electron chi connectivity index (χ1n) is 6.79. The molecule has 2 rings (SSSR count). The Morgan fingerprint density at radius 3 is 2.68 bits per heavy atom. The van der Waals surface area contributed by atoms with Crippen molar-refractivity contribution in [2.75, 3.05) is 6.54 Å². The summed E-state index contributed by atoms with van der Waals surface area (Å²) in [6, 6.07) is 5.24. The van der Waals surface area contributed by atoms with Gasteiger partial charge in [-0.3, -0.25) is 4.79 Å². The summed E-state index contributed by atoms with van der Waals surface area (Å²) >= 11 is 9.25. The Labute approximate surface area is 128 Å². The van der Waals surface area contributed by atoms with E-state index in [-0.39, 0.29) is 5.91 Å². The molecule has 1 amide bonds. The van der Waals surface area contributed by atoms with E-state index in [1.165, 1.54) is 25.7 Å². The molecule has 0 atom stereocenters. The standard InChI is InChI=1S/C15H19BrClNO/c1-10-2-4-11(5-3-10)9-18-15(19)13-7-6-12(17)8-14(13)16/h6-8,10-11H,2-5,9H2,1H3,(H,18,19). The van der Waals surface area contributed by atoms with E-state index in [0.29, 0.717) is 16.5 Å². The number of carbonyl (C=O) groups excluding carboxylic acids is 1. The summed E-state index contributed by atoms with van der Waals surface area (Å²) in [6.45, 7) is 3.08. The molecule has 0 unspecified atom stereocenters. The lowest BCUT2D eigenvalue weighted by Crippen LogP contribution is -2.31. The van der Waals surface area contributed by atoms with Crippen LogP contribution in [-0.2, 0) is 0 Å². The van der Waals surface area contributed by atoms with Crippen LogP contribution in [0.4, 0.5) is 0 Å². The van der Waals surface area contributed by atoms with E-state index in [9.17, 15) is 4.79 Å². The molecule has 1 fully saturated rings. The van der Waals surface area contributed by atoms with Crippen LogP contribution < -0.4 is 5.32 Å². The minimum atomic E-state index is -0.0258. The summed E-state index contributed by atoms with van der Waals surface area (Å²) in [5.74, 6) is 1.45. The highest BCUT2D eigenvalue weighted by Crippen LogP contribution is 2.28. The van der Waals surface area contributed by atoms with Crippen LogP contribution in [0.3, 0.4) is 0 Å². The average Bonchev–Trinajstić information content (AvgIpc) is 2.37. The molecular weight excluding hydrogens is 326 g/mol. The SMILES string of the molecule is CC1CCC(CNC(=O)c2ccc(Cl)cc2Br)CC1. The van der Waals surface area contributed by atoms with Gasteiger partial charge in [0.2, 0.25) is 0 Å². The smallest absolute Gasteiger partial charge is 0.252 e. The van der Waals surface area contributed by atoms with Gasteiger partial charge in [-0.25, -0.2) is 0 Å². The first-order chi connectivity index (χ1) is 9.06. The van der Waals surface area contributed by atoms with Crippen molar-refractivity contribution in [2.24, 2.45) is 11.8 Å². The molecule has 1 saturated carbocycles. The van der Waals surface area contributed by atoms with Crippen LogP contribution in [-0.4, -0.2) is 12.5 Å². The first-order valence-corrected chi connectivity index (χ1v) is 7.96. The maximum Gasteiger partial charge on any atom is 0.252 e. The fraction of sp³-hybridized carbons (Fsp3) is 0.533. The number of rotatable bonds is 3. The predicted octanol–water partition coefficient (Wildman–Crippen LogP) is 4.66. The first kappa shape index (κ1) is 14.9. The molecule has 0 radical (unpaired) electrons. The van der Waals surface area contributed by atoms with Gasteiger partial charge in [0.15, 0.2) is 0 Å². The van der Waals surface area contributed by atoms with Crippen molar-refractivity contribution in [1.82, 2.24) is 5.32 Å². The number of carbonyl (C=O) groups is 1. The van der Waals surface area contributed by atoms with Crippen LogP contribution in [0, 0.1) is 11.8 Å². The third-order valence-corrected chi connectivity index (χ3v) is 4.75. The number of amides is 1. The third-order valence-electron chi connectivity index (χ3n) is 3.86. The molecule has 2 nitrogen and oxygen atoms in total. The second kappa shape index (κ2) is 6.76. The van der Waals surface area contributed by atoms with Crippen LogP contribution in [0.2, 0.25) is 5.02 Å². The third kappa shape index (κ3) is 4.22. The quantitative estimate of drug-likeness (QED) is 0.849. The Balaban J connectivity index is 1.87. The molecule has 0 bridgehead atoms. The Morgan fingerprint density at radius 2 is 2.05 bits per heavy atom. The van der Waals surface area contributed by atoms with E-state index in [1.54, 1.807) is 18.2 Å². The zero-order chi connectivity index (χ0) is 13.8. The molecule has 1 aromatic carbocycles. The summed E-state index contributed by atoms with van der Waals surface area (Å²) < 4.78 is 0.745. The number of nitrogens with one attached hydrogen (secondary N) is 1. The van der Waals surface area contributed by atoms with Crippen molar-refractivity contribution in [3.8, 4) is 0 Å². The fourth-order valence-electron chi connectivity index (χ4n) is 2.54. The van der Waals surface area contributed by atoms with Gasteiger partial charge in [0.05, 0.1) is 5.56 Å². The van der Waals surface area contributed by atoms with Gasteiger partial charge in [0.1, 0.15) is 0 Å². The molecule has 0 aromatic heterocycles. The Morgan fingerprint density at radius 1 is 1.37 bits per heavy atom. The second-order valence-corrected chi connectivity index (χ2v) is 6.75. The van der Waals surface area contributed by atoms with Gasteiger partial charge in [0, 0.05) is 16.0 Å². The Kier molecular flexibility index (Phi) is 5.28. The highest BCUT2D eigenvalue weighted by atomic mass is 79.9. The minimum Gasteiger partial charge on any atom is -0.352 e. The lowest BCUT2D eigenvalue weighted by Gasteiger charge is -2.26. The number of hydrogen-bond donors (Lipinski definition) is 1. The van der Waals surface area contributed by atoms with Gasteiger partial charge in [-0.15, -0.1) is 0 Å². The van der Waals surface area contributed by atoms with Crippen molar-refractivity contribution < 1.29 is 4.79 Å². The zero-order valence-electron chi connectivity index (χ0n) is 11.1. The van der Waals surface area contributed by atoms with Crippen molar-refractivity contribution in [1.29, 1.82) is 0 Å². The van der Waals surface area contributed by atoms with E-state index in [2.05, 4.69) is 28.2 Å². The molecule has 104 valence electrons. The maximum absolute atomic E-state index is 12.1. The van der Waals surface area contributed by atoms with Crippen molar-refractivity contribution in [3.63, 3.8) is 0 Å².